The topological polar surface area (TPSA) is 42.7 Å². The number of aromatic nitrogens is 3. The highest BCUT2D eigenvalue weighted by Gasteiger charge is 2.23. The molecule has 0 aliphatic rings. The van der Waals surface area contributed by atoms with E-state index in [0.717, 1.165) is 58.6 Å². The number of benzene rings is 1. The van der Waals surface area contributed by atoms with Gasteiger partial charge in [-0.3, -0.25) is 9.38 Å². The Labute approximate surface area is 178 Å². The van der Waals surface area contributed by atoms with Crippen molar-refractivity contribution in [2.45, 2.75) is 46.1 Å². The van der Waals surface area contributed by atoms with Gasteiger partial charge in [-0.05, 0) is 49.6 Å². The molecule has 3 rings (SSSR count). The molecule has 1 aromatic carbocycles. The summed E-state index contributed by atoms with van der Waals surface area (Å²) in [4.78, 5) is 12.2. The van der Waals surface area contributed by atoms with Gasteiger partial charge in [-0.1, -0.05) is 26.8 Å². The van der Waals surface area contributed by atoms with E-state index in [9.17, 15) is 0 Å². The molecule has 6 heteroatoms. The number of thioether (sulfide) groups is 1. The summed E-state index contributed by atoms with van der Waals surface area (Å²) < 4.78 is 7.92. The minimum absolute atomic E-state index is 0.572. The smallest absolute Gasteiger partial charge is 0.166 e. The van der Waals surface area contributed by atoms with Crippen LogP contribution < -0.4 is 9.64 Å². The minimum atomic E-state index is 0.572. The molecule has 2 heterocycles. The van der Waals surface area contributed by atoms with E-state index in [2.05, 4.69) is 62.3 Å². The van der Waals surface area contributed by atoms with Crippen molar-refractivity contribution in [3.8, 4) is 17.0 Å². The minimum Gasteiger partial charge on any atom is -0.496 e. The van der Waals surface area contributed by atoms with Crippen molar-refractivity contribution in [1.82, 2.24) is 14.4 Å². The number of ether oxygens (including phenoxy) is 1. The lowest BCUT2D eigenvalue weighted by molar-refractivity contribution is 0.415. The molecule has 3 aromatic rings. The number of nitrogens with zero attached hydrogens (tertiary/aromatic N) is 4. The second-order valence-electron chi connectivity index (χ2n) is 7.91. The number of fused-ring (bicyclic) bond motifs is 1. The zero-order valence-corrected chi connectivity index (χ0v) is 19.4. The number of hydrogen-bond acceptors (Lipinski definition) is 5. The zero-order chi connectivity index (χ0) is 21.1. The second kappa shape index (κ2) is 9.08. The monoisotopic (exact) mass is 412 g/mol. The molecule has 0 bridgehead atoms. The molecule has 0 N–H and O–H groups in total. The van der Waals surface area contributed by atoms with Crippen LogP contribution in [0.5, 0.6) is 5.75 Å². The first-order valence-electron chi connectivity index (χ1n) is 10.2. The van der Waals surface area contributed by atoms with Crippen molar-refractivity contribution in [3.63, 3.8) is 0 Å². The molecule has 0 amide bonds. The molecule has 156 valence electrons. The van der Waals surface area contributed by atoms with Gasteiger partial charge in [0.25, 0.3) is 0 Å². The molecule has 5 nitrogen and oxygen atoms in total. The summed E-state index contributed by atoms with van der Waals surface area (Å²) in [5.74, 6) is 2.57. The highest BCUT2D eigenvalue weighted by Crippen LogP contribution is 2.38. The number of aryl methyl sites for hydroxylation is 2. The lowest BCUT2D eigenvalue weighted by Gasteiger charge is -2.26. The highest BCUT2D eigenvalue weighted by molar-refractivity contribution is 7.98. The Kier molecular flexibility index (Phi) is 6.73. The number of hydrogen-bond donors (Lipinski definition) is 0. The van der Waals surface area contributed by atoms with Crippen LogP contribution in [0.15, 0.2) is 29.6 Å². The molecular formula is C23H32N4OS. The summed E-state index contributed by atoms with van der Waals surface area (Å²) >= 11 is 1.69. The molecule has 0 radical (unpaired) electrons. The third kappa shape index (κ3) is 4.22. The predicted octanol–water partition coefficient (Wildman–Crippen LogP) is 5.62. The molecule has 0 atom stereocenters. The van der Waals surface area contributed by atoms with Gasteiger partial charge >= 0.3 is 0 Å². The normalized spacial score (nSPS) is 11.4. The summed E-state index contributed by atoms with van der Waals surface area (Å²) in [6.07, 6.45) is 7.09. The van der Waals surface area contributed by atoms with Crippen molar-refractivity contribution in [2.24, 2.45) is 5.92 Å². The van der Waals surface area contributed by atoms with Crippen molar-refractivity contribution >= 4 is 23.2 Å². The van der Waals surface area contributed by atoms with E-state index in [1.807, 2.05) is 12.4 Å². The molecule has 0 fully saturated rings. The Bertz CT molecular complexity index is 996. The molecule has 0 unspecified atom stereocenters. The van der Waals surface area contributed by atoms with E-state index >= 15 is 0 Å². The van der Waals surface area contributed by atoms with Crippen LogP contribution in [0.3, 0.4) is 0 Å². The third-order valence-electron chi connectivity index (χ3n) is 4.96. The average molecular weight is 413 g/mol. The van der Waals surface area contributed by atoms with Gasteiger partial charge in [0, 0.05) is 31.0 Å². The molecule has 29 heavy (non-hydrogen) atoms. The van der Waals surface area contributed by atoms with E-state index in [0.29, 0.717) is 5.92 Å². The van der Waals surface area contributed by atoms with Crippen LogP contribution in [-0.4, -0.2) is 40.8 Å². The fraction of sp³-hybridized carbons (Fsp3) is 0.478. The van der Waals surface area contributed by atoms with Gasteiger partial charge in [0.05, 0.1) is 7.11 Å². The molecular weight excluding hydrogens is 380 g/mol. The lowest BCUT2D eigenvalue weighted by atomic mass is 10.0. The van der Waals surface area contributed by atoms with E-state index in [4.69, 9.17) is 14.7 Å². The first-order valence-corrected chi connectivity index (χ1v) is 11.4. The van der Waals surface area contributed by atoms with Crippen LogP contribution in [0.1, 0.15) is 38.3 Å². The number of methoxy groups -OCH3 is 1. The first-order chi connectivity index (χ1) is 13.9. The van der Waals surface area contributed by atoms with Gasteiger partial charge < -0.3 is 9.64 Å². The van der Waals surface area contributed by atoms with Gasteiger partial charge in [0.1, 0.15) is 22.3 Å². The van der Waals surface area contributed by atoms with Gasteiger partial charge in [-0.15, -0.1) is 11.8 Å². The Morgan fingerprint density at radius 1 is 1.24 bits per heavy atom. The van der Waals surface area contributed by atoms with Crippen molar-refractivity contribution in [2.75, 3.05) is 31.4 Å². The number of rotatable bonds is 8. The summed E-state index contributed by atoms with van der Waals surface area (Å²) in [7, 11) is 1.72. The van der Waals surface area contributed by atoms with Crippen molar-refractivity contribution < 1.29 is 4.74 Å². The van der Waals surface area contributed by atoms with Gasteiger partial charge in [0.15, 0.2) is 5.65 Å². The van der Waals surface area contributed by atoms with E-state index in [-0.39, 0.29) is 0 Å². The Balaban J connectivity index is 2.28. The molecule has 0 aliphatic heterocycles. The fourth-order valence-corrected chi connectivity index (χ4v) is 4.52. The number of imidazole rings is 1. The maximum atomic E-state index is 5.72. The van der Waals surface area contributed by atoms with Crippen molar-refractivity contribution in [1.29, 1.82) is 0 Å². The molecule has 2 aromatic heterocycles. The molecule has 0 saturated heterocycles. The maximum Gasteiger partial charge on any atom is 0.166 e. The number of anilines is 1. The van der Waals surface area contributed by atoms with Crippen LogP contribution in [0.25, 0.3) is 16.9 Å². The first kappa shape index (κ1) is 21.5. The third-order valence-corrected chi connectivity index (χ3v) is 5.62. The van der Waals surface area contributed by atoms with Crippen LogP contribution >= 0.6 is 11.8 Å². The van der Waals surface area contributed by atoms with E-state index < -0.39 is 0 Å². The Morgan fingerprint density at radius 3 is 2.62 bits per heavy atom. The van der Waals surface area contributed by atoms with Crippen LogP contribution in [-0.2, 0) is 0 Å². The Morgan fingerprint density at radius 2 is 2.00 bits per heavy atom. The second-order valence-corrected chi connectivity index (χ2v) is 8.71. The van der Waals surface area contributed by atoms with Crippen LogP contribution in [0.2, 0.25) is 0 Å². The summed E-state index contributed by atoms with van der Waals surface area (Å²) in [5.41, 5.74) is 5.07. The molecule has 0 spiro atoms. The van der Waals surface area contributed by atoms with Crippen LogP contribution in [0.4, 0.5) is 5.82 Å². The van der Waals surface area contributed by atoms with Gasteiger partial charge in [-0.2, -0.15) is 0 Å². The summed E-state index contributed by atoms with van der Waals surface area (Å²) in [6, 6.07) is 4.24. The Hall–Kier alpha value is -2.21. The fourth-order valence-electron chi connectivity index (χ4n) is 3.93. The SMILES string of the molecule is CCCN(CC(C)C)c1c(SC)nc2c(-c3c(C)cc(C)cc3OC)nccn12. The summed E-state index contributed by atoms with van der Waals surface area (Å²) in [6.45, 7) is 12.9. The van der Waals surface area contributed by atoms with E-state index in [1.54, 1.807) is 18.9 Å². The summed E-state index contributed by atoms with van der Waals surface area (Å²) in [5, 5.41) is 1.04. The van der Waals surface area contributed by atoms with Gasteiger partial charge in [-0.25, -0.2) is 4.98 Å². The lowest BCUT2D eigenvalue weighted by Crippen LogP contribution is -2.30. The van der Waals surface area contributed by atoms with Gasteiger partial charge in [0.2, 0.25) is 0 Å². The largest absolute Gasteiger partial charge is 0.496 e. The van der Waals surface area contributed by atoms with Crippen LogP contribution in [0, 0.1) is 19.8 Å². The quantitative estimate of drug-likeness (QED) is 0.450. The van der Waals surface area contributed by atoms with E-state index in [1.165, 1.54) is 5.56 Å². The zero-order valence-electron chi connectivity index (χ0n) is 18.6. The highest BCUT2D eigenvalue weighted by atomic mass is 32.2. The predicted molar refractivity (Wildman–Crippen MR) is 124 cm³/mol. The standard InChI is InChI=1S/C23H32N4OS/c1-8-10-26(14-15(2)3)23-22(29-7)25-21-20(24-9-11-27(21)23)19-17(5)12-16(4)13-18(19)28-6/h9,11-13,15H,8,10,14H2,1-7H3. The molecule has 0 aliphatic carbocycles. The molecule has 0 saturated carbocycles. The van der Waals surface area contributed by atoms with Crippen molar-refractivity contribution in [3.05, 3.63) is 35.7 Å². The maximum absolute atomic E-state index is 5.72. The average Bonchev–Trinajstić information content (AvgIpc) is 3.05.